The van der Waals surface area contributed by atoms with Crippen molar-refractivity contribution in [3.05, 3.63) is 47.1 Å². The number of benzene rings is 1. The molecule has 1 aromatic heterocycles. The Labute approximate surface area is 97.1 Å². The summed E-state index contributed by atoms with van der Waals surface area (Å²) in [5.41, 5.74) is 7.61. The molecule has 0 spiro atoms. The first-order valence-electron chi connectivity index (χ1n) is 4.68. The van der Waals surface area contributed by atoms with Gasteiger partial charge < -0.3 is 5.73 Å². The Bertz CT molecular complexity index is 516. The Kier molecular flexibility index (Phi) is 3.12. The quantitative estimate of drug-likeness (QED) is 0.816. The van der Waals surface area contributed by atoms with Crippen LogP contribution < -0.4 is 5.73 Å². The fourth-order valence-corrected chi connectivity index (χ4v) is 1.60. The molecule has 0 bridgehead atoms. The van der Waals surface area contributed by atoms with Crippen LogP contribution >= 0.6 is 11.6 Å². The predicted molar refractivity (Wildman–Crippen MR) is 60.3 cm³/mol. The minimum Gasteiger partial charge on any atom is -0.326 e. The molecule has 2 aromatic rings. The van der Waals surface area contributed by atoms with E-state index in [1.165, 1.54) is 18.3 Å². The van der Waals surface area contributed by atoms with E-state index in [9.17, 15) is 4.39 Å². The molecular weight excluding hydrogens is 229 g/mol. The summed E-state index contributed by atoms with van der Waals surface area (Å²) in [5.74, 6) is -0.332. The molecule has 0 amide bonds. The van der Waals surface area contributed by atoms with E-state index >= 15 is 0 Å². The number of halogens is 2. The summed E-state index contributed by atoms with van der Waals surface area (Å²) >= 11 is 5.68. The number of hydrogen-bond acceptors (Lipinski definition) is 3. The van der Waals surface area contributed by atoms with Crippen molar-refractivity contribution < 1.29 is 4.39 Å². The van der Waals surface area contributed by atoms with E-state index in [0.29, 0.717) is 17.8 Å². The van der Waals surface area contributed by atoms with Crippen molar-refractivity contribution in [1.29, 1.82) is 0 Å². The molecule has 0 fully saturated rings. The highest BCUT2D eigenvalue weighted by Crippen LogP contribution is 2.23. The summed E-state index contributed by atoms with van der Waals surface area (Å²) < 4.78 is 13.2. The zero-order valence-corrected chi connectivity index (χ0v) is 9.08. The van der Waals surface area contributed by atoms with E-state index < -0.39 is 0 Å². The molecule has 16 heavy (non-hydrogen) atoms. The molecule has 0 atom stereocenters. The largest absolute Gasteiger partial charge is 0.326 e. The molecule has 2 rings (SSSR count). The Morgan fingerprint density at radius 1 is 1.31 bits per heavy atom. The number of nitrogens with zero attached hydrogens (tertiary/aromatic N) is 2. The highest BCUT2D eigenvalue weighted by atomic mass is 35.5. The Morgan fingerprint density at radius 2 is 2.12 bits per heavy atom. The zero-order valence-electron chi connectivity index (χ0n) is 8.32. The third-order valence-corrected chi connectivity index (χ3v) is 2.38. The standard InChI is InChI=1S/C11H9ClFN3/c12-11-15-4-3-10(16-11)9-5-8(13)2-1-7(9)6-14/h1-5H,6,14H2. The van der Waals surface area contributed by atoms with Gasteiger partial charge in [0.15, 0.2) is 0 Å². The van der Waals surface area contributed by atoms with Gasteiger partial charge in [0.1, 0.15) is 5.82 Å². The van der Waals surface area contributed by atoms with Gasteiger partial charge >= 0.3 is 0 Å². The maximum atomic E-state index is 13.2. The molecule has 0 saturated carbocycles. The van der Waals surface area contributed by atoms with Crippen molar-refractivity contribution in [3.63, 3.8) is 0 Å². The van der Waals surface area contributed by atoms with Gasteiger partial charge in [-0.3, -0.25) is 0 Å². The monoisotopic (exact) mass is 237 g/mol. The van der Waals surface area contributed by atoms with Gasteiger partial charge in [0.05, 0.1) is 5.69 Å². The number of nitrogens with two attached hydrogens (primary N) is 1. The first-order valence-corrected chi connectivity index (χ1v) is 5.06. The maximum absolute atomic E-state index is 13.2. The third-order valence-electron chi connectivity index (χ3n) is 2.19. The number of aromatic nitrogens is 2. The SMILES string of the molecule is NCc1ccc(F)cc1-c1ccnc(Cl)n1. The van der Waals surface area contributed by atoms with Gasteiger partial charge in [-0.15, -0.1) is 0 Å². The number of hydrogen-bond donors (Lipinski definition) is 1. The van der Waals surface area contributed by atoms with E-state index in [1.54, 1.807) is 12.1 Å². The molecular formula is C11H9ClFN3. The van der Waals surface area contributed by atoms with Crippen LogP contribution in [-0.2, 0) is 6.54 Å². The normalized spacial score (nSPS) is 10.4. The minimum atomic E-state index is -0.332. The van der Waals surface area contributed by atoms with Crippen molar-refractivity contribution in [2.75, 3.05) is 0 Å². The van der Waals surface area contributed by atoms with Crippen molar-refractivity contribution in [3.8, 4) is 11.3 Å². The lowest BCUT2D eigenvalue weighted by Gasteiger charge is -2.07. The molecule has 2 N–H and O–H groups in total. The van der Waals surface area contributed by atoms with Crippen molar-refractivity contribution in [1.82, 2.24) is 9.97 Å². The lowest BCUT2D eigenvalue weighted by Crippen LogP contribution is -2.00. The third kappa shape index (κ3) is 2.18. The van der Waals surface area contributed by atoms with Gasteiger partial charge in [-0.05, 0) is 35.4 Å². The van der Waals surface area contributed by atoms with Gasteiger partial charge in [-0.2, -0.15) is 0 Å². The molecule has 0 radical (unpaired) electrons. The van der Waals surface area contributed by atoms with E-state index in [1.807, 2.05) is 0 Å². The van der Waals surface area contributed by atoms with Gasteiger partial charge in [0.25, 0.3) is 0 Å². The molecule has 0 aliphatic heterocycles. The van der Waals surface area contributed by atoms with Gasteiger partial charge in [0, 0.05) is 18.3 Å². The molecule has 3 nitrogen and oxygen atoms in total. The fraction of sp³-hybridized carbons (Fsp3) is 0.0909. The summed E-state index contributed by atoms with van der Waals surface area (Å²) in [6.45, 7) is 0.317. The second-order valence-electron chi connectivity index (χ2n) is 3.22. The molecule has 0 aliphatic carbocycles. The first-order chi connectivity index (χ1) is 7.70. The summed E-state index contributed by atoms with van der Waals surface area (Å²) in [7, 11) is 0. The topological polar surface area (TPSA) is 51.8 Å². The highest BCUT2D eigenvalue weighted by molar-refractivity contribution is 6.28. The van der Waals surface area contributed by atoms with Crippen LogP contribution in [0.4, 0.5) is 4.39 Å². The van der Waals surface area contributed by atoms with E-state index in [2.05, 4.69) is 9.97 Å². The van der Waals surface area contributed by atoms with E-state index in [4.69, 9.17) is 17.3 Å². The summed E-state index contributed by atoms with van der Waals surface area (Å²) in [6.07, 6.45) is 1.52. The zero-order chi connectivity index (χ0) is 11.5. The average Bonchev–Trinajstić information content (AvgIpc) is 2.29. The van der Waals surface area contributed by atoms with Crippen molar-refractivity contribution in [2.24, 2.45) is 5.73 Å². The second kappa shape index (κ2) is 4.55. The van der Waals surface area contributed by atoms with Crippen LogP contribution in [0.3, 0.4) is 0 Å². The number of rotatable bonds is 2. The lowest BCUT2D eigenvalue weighted by atomic mass is 10.0. The summed E-state index contributed by atoms with van der Waals surface area (Å²) in [4.78, 5) is 7.80. The van der Waals surface area contributed by atoms with Crippen LogP contribution in [0, 0.1) is 5.82 Å². The van der Waals surface area contributed by atoms with Crippen LogP contribution in [0.2, 0.25) is 5.28 Å². The van der Waals surface area contributed by atoms with Crippen LogP contribution in [0.15, 0.2) is 30.5 Å². The predicted octanol–water partition coefficient (Wildman–Crippen LogP) is 2.39. The minimum absolute atomic E-state index is 0.129. The molecule has 0 unspecified atom stereocenters. The lowest BCUT2D eigenvalue weighted by molar-refractivity contribution is 0.627. The van der Waals surface area contributed by atoms with Crippen LogP contribution in [0.1, 0.15) is 5.56 Å². The van der Waals surface area contributed by atoms with Gasteiger partial charge in [-0.1, -0.05) is 6.07 Å². The van der Waals surface area contributed by atoms with Gasteiger partial charge in [0.2, 0.25) is 5.28 Å². The molecule has 1 aromatic carbocycles. The molecule has 0 saturated heterocycles. The Morgan fingerprint density at radius 3 is 2.81 bits per heavy atom. The van der Waals surface area contributed by atoms with Crippen LogP contribution in [0.5, 0.6) is 0 Å². The Balaban J connectivity index is 2.58. The second-order valence-corrected chi connectivity index (χ2v) is 3.55. The van der Waals surface area contributed by atoms with E-state index in [0.717, 1.165) is 5.56 Å². The highest BCUT2D eigenvalue weighted by Gasteiger charge is 2.07. The molecule has 0 aliphatic rings. The fourth-order valence-electron chi connectivity index (χ4n) is 1.45. The van der Waals surface area contributed by atoms with E-state index in [-0.39, 0.29) is 11.1 Å². The first kappa shape index (κ1) is 11.0. The summed E-state index contributed by atoms with van der Waals surface area (Å²) in [5, 5.41) is 0.129. The summed E-state index contributed by atoms with van der Waals surface area (Å²) in [6, 6.07) is 6.07. The molecule has 82 valence electrons. The van der Waals surface area contributed by atoms with Crippen LogP contribution in [0.25, 0.3) is 11.3 Å². The van der Waals surface area contributed by atoms with Crippen molar-refractivity contribution in [2.45, 2.75) is 6.54 Å². The maximum Gasteiger partial charge on any atom is 0.222 e. The molecule has 1 heterocycles. The Hall–Kier alpha value is -1.52. The molecule has 5 heteroatoms. The van der Waals surface area contributed by atoms with Crippen molar-refractivity contribution >= 4 is 11.6 Å². The van der Waals surface area contributed by atoms with Gasteiger partial charge in [-0.25, -0.2) is 14.4 Å². The smallest absolute Gasteiger partial charge is 0.222 e. The average molecular weight is 238 g/mol. The van der Waals surface area contributed by atoms with Crippen LogP contribution in [-0.4, -0.2) is 9.97 Å².